The van der Waals surface area contributed by atoms with Crippen molar-refractivity contribution in [3.8, 4) is 0 Å². The topological polar surface area (TPSA) is 32.7 Å². The van der Waals surface area contributed by atoms with E-state index in [0.717, 1.165) is 0 Å². The third-order valence-electron chi connectivity index (χ3n) is 1.02. The van der Waals surface area contributed by atoms with E-state index in [9.17, 15) is 4.79 Å². The van der Waals surface area contributed by atoms with Crippen LogP contribution in [-0.4, -0.2) is 35.7 Å². The zero-order valence-corrected chi connectivity index (χ0v) is 8.96. The number of aliphatic imine (C=N–C) groups is 1. The molecule has 0 unspecified atom stereocenters. The zero-order valence-electron chi connectivity index (χ0n) is 7.56. The fourth-order valence-corrected chi connectivity index (χ4v) is 0.546. The summed E-state index contributed by atoms with van der Waals surface area (Å²) in [6, 6.07) is 0. The number of allylic oxidation sites excluding steroid dienone is 1. The Hall–Kier alpha value is -1.02. The van der Waals surface area contributed by atoms with Crippen molar-refractivity contribution in [1.29, 1.82) is 0 Å². The predicted molar refractivity (Wildman–Crippen MR) is 49.1 cm³/mol. The molecule has 0 rings (SSSR count). The molecule has 0 aliphatic heterocycles. The fourth-order valence-electron chi connectivity index (χ4n) is 0.456. The quantitative estimate of drug-likeness (QED) is 0.372. The van der Waals surface area contributed by atoms with E-state index >= 15 is 0 Å². The molecule has 0 aromatic rings. The molecule has 3 nitrogen and oxygen atoms in total. The molecular weight excluding hydrogens is 203 g/mol. The Morgan fingerprint density at radius 1 is 1.62 bits per heavy atom. The van der Waals surface area contributed by atoms with Crippen LogP contribution in [0.5, 0.6) is 0 Å². The van der Waals surface area contributed by atoms with E-state index < -0.39 is 0 Å². The maximum atomic E-state index is 11.1. The van der Waals surface area contributed by atoms with Gasteiger partial charge in [0.1, 0.15) is 0 Å². The second-order valence-electron chi connectivity index (χ2n) is 2.40. The van der Waals surface area contributed by atoms with Crippen LogP contribution in [0.15, 0.2) is 23.0 Å². The van der Waals surface area contributed by atoms with Gasteiger partial charge in [-0.05, 0) is 0 Å². The molecule has 0 aliphatic carbocycles. The van der Waals surface area contributed by atoms with Crippen molar-refractivity contribution in [2.75, 3.05) is 14.1 Å². The van der Waals surface area contributed by atoms with Gasteiger partial charge in [-0.3, -0.25) is 0 Å². The van der Waals surface area contributed by atoms with Crippen LogP contribution in [-0.2, 0) is 21.8 Å². The summed E-state index contributed by atoms with van der Waals surface area (Å²) in [5.41, 5.74) is -0.0691. The van der Waals surface area contributed by atoms with Crippen molar-refractivity contribution in [1.82, 2.24) is 4.90 Å². The van der Waals surface area contributed by atoms with Gasteiger partial charge < -0.3 is 0 Å². The Morgan fingerprint density at radius 2 is 2.23 bits per heavy atom. The van der Waals surface area contributed by atoms with Crippen LogP contribution in [0.2, 0.25) is 0 Å². The average Bonchev–Trinajstić information content (AvgIpc) is 2.10. The number of rotatable bonds is 5. The first kappa shape index (κ1) is 12.0. The summed E-state index contributed by atoms with van der Waals surface area (Å²) in [7, 11) is 3.62. The Bertz CT molecular complexity index is 267. The summed E-state index contributed by atoms with van der Waals surface area (Å²) in [4.78, 5) is 16.4. The van der Waals surface area contributed by atoms with Crippen molar-refractivity contribution >= 4 is 16.7 Å². The van der Waals surface area contributed by atoms with Gasteiger partial charge in [0, 0.05) is 0 Å². The predicted octanol–water partition coefficient (Wildman–Crippen LogP) is 0.244. The third-order valence-corrected chi connectivity index (χ3v) is 1.20. The van der Waals surface area contributed by atoms with E-state index in [0.29, 0.717) is 0 Å². The second-order valence-corrected chi connectivity index (χ2v) is 2.80. The number of hydrogen-bond acceptors (Lipinski definition) is 3. The van der Waals surface area contributed by atoms with Crippen molar-refractivity contribution in [2.45, 2.75) is 0 Å². The van der Waals surface area contributed by atoms with E-state index in [1.165, 1.54) is 10.8 Å². The Labute approximate surface area is 87.3 Å². The summed E-state index contributed by atoms with van der Waals surface area (Å²) in [6.07, 6.45) is 5.42. The van der Waals surface area contributed by atoms with Gasteiger partial charge in [-0.15, -0.1) is 0 Å². The minimum absolute atomic E-state index is 0.0691. The summed E-state index contributed by atoms with van der Waals surface area (Å²) >= 11 is 2.15. The van der Waals surface area contributed by atoms with Crippen LogP contribution in [0.4, 0.5) is 0 Å². The molecule has 0 atom stereocenters. The molecule has 0 amide bonds. The van der Waals surface area contributed by atoms with Crippen LogP contribution in [0.3, 0.4) is 0 Å². The SMILES string of the molecule is [CH-]=C(N=[C+][CH]=[V])C(=O)/C=C/N(C)C. The molecule has 0 radical (unpaired) electrons. The van der Waals surface area contributed by atoms with Crippen LogP contribution in [0.25, 0.3) is 0 Å². The van der Waals surface area contributed by atoms with Crippen molar-refractivity contribution in [3.63, 3.8) is 0 Å². The second kappa shape index (κ2) is 6.49. The van der Waals surface area contributed by atoms with Gasteiger partial charge in [-0.1, -0.05) is 0 Å². The molecule has 0 spiro atoms. The average molecular weight is 213 g/mol. The minimum atomic E-state index is -0.324. The van der Waals surface area contributed by atoms with Gasteiger partial charge in [0.15, 0.2) is 0 Å². The zero-order chi connectivity index (χ0) is 10.3. The van der Waals surface area contributed by atoms with E-state index in [2.05, 4.69) is 28.2 Å². The number of carbonyl (C=O) groups is 1. The molecule has 0 saturated carbocycles. The molecule has 4 heteroatoms. The van der Waals surface area contributed by atoms with Gasteiger partial charge >= 0.3 is 87.0 Å². The Morgan fingerprint density at radius 3 is 2.69 bits per heavy atom. The molecule has 0 aliphatic rings. The normalized spacial score (nSPS) is 9.92. The van der Waals surface area contributed by atoms with Crippen LogP contribution in [0, 0.1) is 6.58 Å². The van der Waals surface area contributed by atoms with E-state index in [1.54, 1.807) is 11.1 Å². The Balaban J connectivity index is 4.20. The fraction of sp³-hybridized carbons (Fsp3) is 0.222. The molecule has 0 aromatic carbocycles. The van der Waals surface area contributed by atoms with E-state index in [4.69, 9.17) is 6.58 Å². The number of ketones is 1. The van der Waals surface area contributed by atoms with Crippen molar-refractivity contribution in [3.05, 3.63) is 24.6 Å². The number of carbonyl (C=O) groups excluding carboxylic acids is 1. The van der Waals surface area contributed by atoms with E-state index in [1.807, 2.05) is 14.1 Å². The molecule has 0 aromatic heterocycles. The summed E-state index contributed by atoms with van der Waals surface area (Å²) in [5, 5.41) is 0. The number of nitrogens with zero attached hydrogens (tertiary/aromatic N) is 2. The van der Waals surface area contributed by atoms with E-state index in [-0.39, 0.29) is 11.5 Å². The molecule has 67 valence electrons. The standard InChI is InChI=1S/C9H10N2O.V/c1-5-10-8(2)9(12)6-7-11(3)4;/h1-2,6-7H,3-4H3;/b7-6+;. The van der Waals surface area contributed by atoms with Crippen molar-refractivity contribution in [2.24, 2.45) is 4.99 Å². The molecule has 0 bridgehead atoms. The monoisotopic (exact) mass is 213 g/mol. The molecule has 13 heavy (non-hydrogen) atoms. The summed E-state index contributed by atoms with van der Waals surface area (Å²) in [6.45, 7) is 5.33. The first-order valence-electron chi connectivity index (χ1n) is 3.51. The van der Waals surface area contributed by atoms with Gasteiger partial charge in [0.25, 0.3) is 0 Å². The first-order chi connectivity index (χ1) is 6.07. The summed E-state index contributed by atoms with van der Waals surface area (Å²) in [5.74, 6) is -0.324. The van der Waals surface area contributed by atoms with Crippen LogP contribution >= 0.6 is 0 Å². The molecular formula is C9H10N2OV. The van der Waals surface area contributed by atoms with Gasteiger partial charge in [-0.2, -0.15) is 0 Å². The maximum absolute atomic E-state index is 11.1. The molecule has 0 fully saturated rings. The molecule has 0 saturated heterocycles. The summed E-state index contributed by atoms with van der Waals surface area (Å²) < 4.78 is 1.52. The van der Waals surface area contributed by atoms with Crippen LogP contribution < -0.4 is 0 Å². The Kier molecular flexibility index (Phi) is 5.99. The number of hydrogen-bond donors (Lipinski definition) is 0. The van der Waals surface area contributed by atoms with Gasteiger partial charge in [0.05, 0.1) is 0 Å². The molecule has 0 N–H and O–H groups in total. The van der Waals surface area contributed by atoms with Crippen molar-refractivity contribution < 1.29 is 21.8 Å². The molecule has 0 heterocycles. The first-order valence-corrected chi connectivity index (χ1v) is 4.32. The van der Waals surface area contributed by atoms with Gasteiger partial charge in [0.2, 0.25) is 0 Å². The third kappa shape index (κ3) is 6.17. The van der Waals surface area contributed by atoms with Gasteiger partial charge in [-0.25, -0.2) is 0 Å². The van der Waals surface area contributed by atoms with Crippen LogP contribution in [0.1, 0.15) is 0 Å².